The summed E-state index contributed by atoms with van der Waals surface area (Å²) in [5, 5.41) is 8.28. The van der Waals surface area contributed by atoms with Crippen LogP contribution in [0.3, 0.4) is 0 Å². The molecule has 5 nitrogen and oxygen atoms in total. The Morgan fingerprint density at radius 2 is 2.08 bits per heavy atom. The van der Waals surface area contributed by atoms with Gasteiger partial charge in [-0.25, -0.2) is 0 Å². The molecular weight excluding hydrogens is 204 g/mol. The van der Waals surface area contributed by atoms with Crippen molar-refractivity contribution in [3.8, 4) is 0 Å². The average molecular weight is 218 g/mol. The number of hydrogen-bond donors (Lipinski definition) is 3. The number of nitrogens with two attached hydrogens (primary N) is 1. The lowest BCUT2D eigenvalue weighted by atomic mass is 10.2. The number of hydrogen-bond acceptors (Lipinski definition) is 3. The van der Waals surface area contributed by atoms with Gasteiger partial charge >= 0.3 is 5.97 Å². The second kappa shape index (κ2) is 5.54. The molecule has 0 aliphatic rings. The van der Waals surface area contributed by atoms with Crippen LogP contribution < -0.4 is 5.73 Å². The second-order valence-electron chi connectivity index (χ2n) is 2.51. The number of rotatable bonds is 4. The first kappa shape index (κ1) is 14.4. The summed E-state index contributed by atoms with van der Waals surface area (Å²) in [6.45, 7) is 1.18. The Balaban J connectivity index is 0. The Hall–Kier alpha value is -0.0900. The van der Waals surface area contributed by atoms with E-state index in [1.807, 2.05) is 0 Å². The van der Waals surface area contributed by atoms with Gasteiger partial charge in [0.05, 0.1) is 0 Å². The van der Waals surface area contributed by atoms with Gasteiger partial charge in [-0.2, -0.15) is 0 Å². The van der Waals surface area contributed by atoms with E-state index in [9.17, 15) is 9.36 Å². The van der Waals surface area contributed by atoms with Gasteiger partial charge in [-0.05, 0) is 6.42 Å². The number of carboxylic acid groups (broad SMARTS) is 1. The summed E-state index contributed by atoms with van der Waals surface area (Å²) in [4.78, 5) is 18.9. The van der Waals surface area contributed by atoms with Gasteiger partial charge in [0.15, 0.2) is 7.37 Å². The molecule has 0 aromatic carbocycles. The summed E-state index contributed by atoms with van der Waals surface area (Å²) in [5.41, 5.74) is 5.09. The summed E-state index contributed by atoms with van der Waals surface area (Å²) >= 11 is 0. The molecule has 0 spiro atoms. The maximum absolute atomic E-state index is 10.6. The van der Waals surface area contributed by atoms with Gasteiger partial charge in [-0.15, -0.1) is 12.4 Å². The zero-order valence-corrected chi connectivity index (χ0v) is 8.35. The molecule has 0 saturated carbocycles. The topological polar surface area (TPSA) is 101 Å². The lowest BCUT2D eigenvalue weighted by molar-refractivity contribution is -0.138. The van der Waals surface area contributed by atoms with E-state index >= 15 is 0 Å². The summed E-state index contributed by atoms with van der Waals surface area (Å²) in [7, 11) is -3.10. The van der Waals surface area contributed by atoms with Crippen LogP contribution in [0.2, 0.25) is 0 Å². The molecule has 2 atom stereocenters. The van der Waals surface area contributed by atoms with Crippen LogP contribution in [0.5, 0.6) is 0 Å². The minimum absolute atomic E-state index is 0. The zero-order valence-electron chi connectivity index (χ0n) is 6.64. The SMILES string of the molecule is CP(=O)(O)CCC(N)C(=O)O.Cl. The van der Waals surface area contributed by atoms with Crippen molar-refractivity contribution in [3.05, 3.63) is 0 Å². The van der Waals surface area contributed by atoms with E-state index in [2.05, 4.69) is 0 Å². The van der Waals surface area contributed by atoms with Crippen LogP contribution in [0, 0.1) is 0 Å². The van der Waals surface area contributed by atoms with Crippen molar-refractivity contribution in [2.24, 2.45) is 5.73 Å². The number of aliphatic carboxylic acids is 1. The van der Waals surface area contributed by atoms with Crippen LogP contribution in [0.25, 0.3) is 0 Å². The molecule has 0 aromatic rings. The van der Waals surface area contributed by atoms with Crippen molar-refractivity contribution in [3.63, 3.8) is 0 Å². The first-order valence-corrected chi connectivity index (χ1v) is 5.40. The predicted molar refractivity (Wildman–Crippen MR) is 48.1 cm³/mol. The molecule has 4 N–H and O–H groups in total. The number of carbonyl (C=O) groups is 1. The molecule has 74 valence electrons. The first-order valence-electron chi connectivity index (χ1n) is 3.10. The molecule has 7 heteroatoms. The zero-order chi connectivity index (χ0) is 9.07. The molecule has 0 rings (SSSR count). The molecule has 2 unspecified atom stereocenters. The van der Waals surface area contributed by atoms with E-state index in [0.29, 0.717) is 0 Å². The van der Waals surface area contributed by atoms with Gasteiger partial charge in [0.1, 0.15) is 6.04 Å². The summed E-state index contributed by atoms with van der Waals surface area (Å²) in [5.74, 6) is -1.14. The highest BCUT2D eigenvalue weighted by Gasteiger charge is 2.16. The molecule has 0 fully saturated rings. The molecule has 0 saturated heterocycles. The van der Waals surface area contributed by atoms with Gasteiger partial charge in [-0.1, -0.05) is 0 Å². The molecular formula is C5H13ClNO4P. The van der Waals surface area contributed by atoms with Gasteiger partial charge in [0.25, 0.3) is 0 Å². The van der Waals surface area contributed by atoms with Crippen LogP contribution in [0.4, 0.5) is 0 Å². The maximum Gasteiger partial charge on any atom is 0.320 e. The minimum Gasteiger partial charge on any atom is -0.480 e. The molecule has 0 aliphatic heterocycles. The molecule has 0 aliphatic carbocycles. The van der Waals surface area contributed by atoms with Crippen molar-refractivity contribution >= 4 is 25.7 Å². The summed E-state index contributed by atoms with van der Waals surface area (Å²) in [6, 6.07) is -1.03. The average Bonchev–Trinajstić information content (AvgIpc) is 1.80. The van der Waals surface area contributed by atoms with Gasteiger partial charge in [-0.3, -0.25) is 9.36 Å². The van der Waals surface area contributed by atoms with Crippen LogP contribution in [0.15, 0.2) is 0 Å². The first-order chi connectivity index (χ1) is 4.83. The fourth-order valence-electron chi connectivity index (χ4n) is 0.502. The van der Waals surface area contributed by atoms with Gasteiger partial charge in [0, 0.05) is 12.8 Å². The van der Waals surface area contributed by atoms with E-state index in [4.69, 9.17) is 15.7 Å². The van der Waals surface area contributed by atoms with E-state index in [1.165, 1.54) is 6.66 Å². The Bertz CT molecular complexity index is 192. The van der Waals surface area contributed by atoms with Crippen molar-refractivity contribution in [1.82, 2.24) is 0 Å². The smallest absolute Gasteiger partial charge is 0.320 e. The molecule has 0 heterocycles. The van der Waals surface area contributed by atoms with Crippen LogP contribution in [0.1, 0.15) is 6.42 Å². The van der Waals surface area contributed by atoms with Crippen molar-refractivity contribution in [2.45, 2.75) is 12.5 Å². The third kappa shape index (κ3) is 8.01. The van der Waals surface area contributed by atoms with Crippen LogP contribution >= 0.6 is 19.8 Å². The predicted octanol–water partition coefficient (Wildman–Crippen LogP) is 0.110. The second-order valence-corrected chi connectivity index (χ2v) is 5.06. The maximum atomic E-state index is 10.6. The van der Waals surface area contributed by atoms with Gasteiger partial charge < -0.3 is 15.7 Å². The van der Waals surface area contributed by atoms with E-state index in [0.717, 1.165) is 0 Å². The Morgan fingerprint density at radius 1 is 1.67 bits per heavy atom. The quantitative estimate of drug-likeness (QED) is 0.581. The fourth-order valence-corrected chi connectivity index (χ4v) is 1.26. The largest absolute Gasteiger partial charge is 0.480 e. The van der Waals surface area contributed by atoms with E-state index < -0.39 is 19.4 Å². The summed E-state index contributed by atoms with van der Waals surface area (Å²) < 4.78 is 10.6. The summed E-state index contributed by atoms with van der Waals surface area (Å²) in [6.07, 6.45) is 0.0000772. The number of halogens is 1. The number of carboxylic acids is 1. The van der Waals surface area contributed by atoms with Gasteiger partial charge in [0.2, 0.25) is 0 Å². The van der Waals surface area contributed by atoms with E-state index in [1.54, 1.807) is 0 Å². The highest BCUT2D eigenvalue weighted by molar-refractivity contribution is 7.57. The highest BCUT2D eigenvalue weighted by atomic mass is 35.5. The monoisotopic (exact) mass is 217 g/mol. The standard InChI is InChI=1S/C5H12NO4P.ClH/c1-11(9,10)3-2-4(6)5(7)8;/h4H,2-3,6H2,1H3,(H,7,8)(H,9,10);1H. The van der Waals surface area contributed by atoms with Crippen molar-refractivity contribution < 1.29 is 19.4 Å². The highest BCUT2D eigenvalue weighted by Crippen LogP contribution is 2.35. The fraction of sp³-hybridized carbons (Fsp3) is 0.800. The molecule has 0 bridgehead atoms. The van der Waals surface area contributed by atoms with E-state index in [-0.39, 0.29) is 25.0 Å². The third-order valence-corrected chi connectivity index (χ3v) is 2.26. The Kier molecular flexibility index (Phi) is 6.66. The lowest BCUT2D eigenvalue weighted by Gasteiger charge is -2.07. The van der Waals surface area contributed by atoms with Crippen LogP contribution in [-0.2, 0) is 9.36 Å². The Labute approximate surface area is 76.8 Å². The molecule has 0 radical (unpaired) electrons. The van der Waals surface area contributed by atoms with Crippen LogP contribution in [-0.4, -0.2) is 34.8 Å². The van der Waals surface area contributed by atoms with Crippen molar-refractivity contribution in [2.75, 3.05) is 12.8 Å². The minimum atomic E-state index is -3.10. The molecule has 0 aromatic heterocycles. The Morgan fingerprint density at radius 3 is 2.33 bits per heavy atom. The normalized spacial score (nSPS) is 17.2. The molecule has 12 heavy (non-hydrogen) atoms. The molecule has 0 amide bonds. The third-order valence-electron chi connectivity index (χ3n) is 1.17. The lowest BCUT2D eigenvalue weighted by Crippen LogP contribution is -2.30. The van der Waals surface area contributed by atoms with Crippen molar-refractivity contribution in [1.29, 1.82) is 0 Å².